The quantitative estimate of drug-likeness (QED) is 0.610. The summed E-state index contributed by atoms with van der Waals surface area (Å²) in [6, 6.07) is 11.6. The Hall–Kier alpha value is -3.68. The highest BCUT2D eigenvalue weighted by molar-refractivity contribution is 5.62. The van der Waals surface area contributed by atoms with Crippen LogP contribution in [-0.2, 0) is 13.0 Å². The minimum Gasteiger partial charge on any atom is -0.497 e. The Morgan fingerprint density at radius 1 is 1.06 bits per heavy atom. The lowest BCUT2D eigenvalue weighted by molar-refractivity contribution is 0.251. The van der Waals surface area contributed by atoms with Crippen LogP contribution in [0.4, 0.5) is 5.69 Å². The molecule has 2 aromatic carbocycles. The second-order valence-electron chi connectivity index (χ2n) is 7.85. The summed E-state index contributed by atoms with van der Waals surface area (Å²) in [6.07, 6.45) is 2.57. The molecule has 2 aliphatic heterocycles. The van der Waals surface area contributed by atoms with E-state index in [9.17, 15) is 4.79 Å². The molecule has 0 unspecified atom stereocenters. The molecular weight excluding hydrogens is 410 g/mol. The lowest BCUT2D eigenvalue weighted by Gasteiger charge is -2.42. The average Bonchev–Trinajstić information content (AvgIpc) is 2.84. The monoisotopic (exact) mass is 435 g/mol. The van der Waals surface area contributed by atoms with Gasteiger partial charge in [-0.3, -0.25) is 4.79 Å². The number of methoxy groups -OCH3 is 3. The van der Waals surface area contributed by atoms with Gasteiger partial charge in [0, 0.05) is 6.54 Å². The first-order valence-electron chi connectivity index (χ1n) is 10.5. The number of ether oxygens (including phenoxy) is 4. The third-order valence-corrected chi connectivity index (χ3v) is 6.17. The van der Waals surface area contributed by atoms with Crippen molar-refractivity contribution in [2.45, 2.75) is 19.0 Å². The van der Waals surface area contributed by atoms with E-state index in [4.69, 9.17) is 18.9 Å². The van der Waals surface area contributed by atoms with Crippen LogP contribution in [0.5, 0.6) is 23.0 Å². The van der Waals surface area contributed by atoms with Gasteiger partial charge >= 0.3 is 5.56 Å². The molecule has 0 saturated heterocycles. The Balaban J connectivity index is 1.46. The summed E-state index contributed by atoms with van der Waals surface area (Å²) in [7, 11) is 4.90. The van der Waals surface area contributed by atoms with Crippen molar-refractivity contribution in [3.63, 3.8) is 0 Å². The number of benzene rings is 2. The van der Waals surface area contributed by atoms with E-state index >= 15 is 0 Å². The number of anilines is 1. The zero-order valence-corrected chi connectivity index (χ0v) is 18.3. The molecule has 0 amide bonds. The summed E-state index contributed by atoms with van der Waals surface area (Å²) in [5.74, 6) is 2.54. The molecule has 0 aliphatic carbocycles. The predicted octanol–water partition coefficient (Wildman–Crippen LogP) is 2.81. The standard InChI is InChI=1S/C24H25N3O5/c1-29-17-6-4-15(5-7-17)13-27-24(28)23-19(12-25-27)26-9-8-16-10-21(30-2)22(31-3)11-18(16)20(26)14-32-23/h4-7,10-12,20H,8-9,13-14H2,1-3H3/t20-/m1/s1. The van der Waals surface area contributed by atoms with Gasteiger partial charge in [0.05, 0.1) is 40.1 Å². The first-order chi connectivity index (χ1) is 15.6. The van der Waals surface area contributed by atoms with Gasteiger partial charge in [-0.05, 0) is 47.4 Å². The molecule has 166 valence electrons. The Morgan fingerprint density at radius 3 is 2.53 bits per heavy atom. The van der Waals surface area contributed by atoms with Crippen molar-refractivity contribution >= 4 is 5.69 Å². The lowest BCUT2D eigenvalue weighted by atomic mass is 9.91. The second-order valence-corrected chi connectivity index (χ2v) is 7.85. The zero-order chi connectivity index (χ0) is 22.2. The van der Waals surface area contributed by atoms with Crippen LogP contribution in [0.1, 0.15) is 22.7 Å². The van der Waals surface area contributed by atoms with E-state index in [0.29, 0.717) is 24.7 Å². The predicted molar refractivity (Wildman–Crippen MR) is 119 cm³/mol. The van der Waals surface area contributed by atoms with E-state index in [1.807, 2.05) is 36.4 Å². The van der Waals surface area contributed by atoms with Crippen LogP contribution in [0.15, 0.2) is 47.4 Å². The number of hydrogen-bond acceptors (Lipinski definition) is 7. The van der Waals surface area contributed by atoms with Crippen molar-refractivity contribution in [3.05, 3.63) is 69.6 Å². The van der Waals surface area contributed by atoms with Crippen LogP contribution in [0.25, 0.3) is 0 Å². The topological polar surface area (TPSA) is 75.1 Å². The van der Waals surface area contributed by atoms with Crippen molar-refractivity contribution in [2.24, 2.45) is 0 Å². The molecule has 0 saturated carbocycles. The first-order valence-corrected chi connectivity index (χ1v) is 10.5. The molecule has 1 atom stereocenters. The molecule has 0 bridgehead atoms. The van der Waals surface area contributed by atoms with Gasteiger partial charge < -0.3 is 23.8 Å². The maximum Gasteiger partial charge on any atom is 0.311 e. The normalized spacial score (nSPS) is 16.3. The van der Waals surface area contributed by atoms with Crippen LogP contribution < -0.4 is 29.4 Å². The lowest BCUT2D eigenvalue weighted by Crippen LogP contribution is -2.44. The van der Waals surface area contributed by atoms with Crippen molar-refractivity contribution in [3.8, 4) is 23.0 Å². The highest BCUT2D eigenvalue weighted by Crippen LogP contribution is 2.43. The van der Waals surface area contributed by atoms with Gasteiger partial charge in [0.2, 0.25) is 5.75 Å². The molecule has 0 spiro atoms. The van der Waals surface area contributed by atoms with Crippen LogP contribution in [-0.4, -0.2) is 44.3 Å². The third kappa shape index (κ3) is 3.32. The summed E-state index contributed by atoms with van der Waals surface area (Å²) < 4.78 is 23.6. The number of rotatable bonds is 5. The van der Waals surface area contributed by atoms with Crippen molar-refractivity contribution in [1.82, 2.24) is 9.78 Å². The average molecular weight is 435 g/mol. The summed E-state index contributed by atoms with van der Waals surface area (Å²) in [4.78, 5) is 15.3. The molecule has 1 aromatic heterocycles. The molecule has 2 aliphatic rings. The van der Waals surface area contributed by atoms with E-state index in [2.05, 4.69) is 10.00 Å². The van der Waals surface area contributed by atoms with Crippen LogP contribution in [0.2, 0.25) is 0 Å². The molecule has 0 radical (unpaired) electrons. The maximum atomic E-state index is 13.1. The van der Waals surface area contributed by atoms with E-state index < -0.39 is 0 Å². The fourth-order valence-corrected chi connectivity index (χ4v) is 4.48. The Morgan fingerprint density at radius 2 is 1.81 bits per heavy atom. The van der Waals surface area contributed by atoms with Gasteiger partial charge in [0.25, 0.3) is 0 Å². The molecule has 3 heterocycles. The summed E-state index contributed by atoms with van der Waals surface area (Å²) >= 11 is 0. The summed E-state index contributed by atoms with van der Waals surface area (Å²) in [6.45, 7) is 1.52. The number of aromatic nitrogens is 2. The van der Waals surface area contributed by atoms with Gasteiger partial charge in [-0.1, -0.05) is 12.1 Å². The first kappa shape index (κ1) is 20.2. The third-order valence-electron chi connectivity index (χ3n) is 6.17. The maximum absolute atomic E-state index is 13.1. The smallest absolute Gasteiger partial charge is 0.311 e. The highest BCUT2D eigenvalue weighted by atomic mass is 16.5. The molecular formula is C24H25N3O5. The number of fused-ring (bicyclic) bond motifs is 5. The minimum absolute atomic E-state index is 0.00954. The van der Waals surface area contributed by atoms with Crippen molar-refractivity contribution in [1.29, 1.82) is 0 Å². The molecule has 8 nitrogen and oxygen atoms in total. The van der Waals surface area contributed by atoms with Crippen LogP contribution in [0.3, 0.4) is 0 Å². The van der Waals surface area contributed by atoms with Gasteiger partial charge in [-0.25, -0.2) is 4.68 Å². The zero-order valence-electron chi connectivity index (χ0n) is 18.3. The molecule has 0 N–H and O–H groups in total. The van der Waals surface area contributed by atoms with Gasteiger partial charge in [0.15, 0.2) is 11.5 Å². The van der Waals surface area contributed by atoms with E-state index in [-0.39, 0.29) is 11.6 Å². The van der Waals surface area contributed by atoms with Crippen molar-refractivity contribution < 1.29 is 18.9 Å². The number of nitrogens with zero attached hydrogens (tertiary/aromatic N) is 3. The highest BCUT2D eigenvalue weighted by Gasteiger charge is 2.36. The van der Waals surface area contributed by atoms with E-state index in [1.54, 1.807) is 27.5 Å². The van der Waals surface area contributed by atoms with Gasteiger partial charge in [-0.15, -0.1) is 0 Å². The largest absolute Gasteiger partial charge is 0.497 e. The Kier molecular flexibility index (Phi) is 5.13. The SMILES string of the molecule is COc1ccc(Cn2ncc3c(c2=O)OC[C@@H]2c4cc(OC)c(OC)cc4CCN32)cc1. The van der Waals surface area contributed by atoms with E-state index in [1.165, 1.54) is 10.2 Å². The second kappa shape index (κ2) is 8.11. The Bertz CT molecular complexity index is 1210. The van der Waals surface area contributed by atoms with Gasteiger partial charge in [0.1, 0.15) is 18.0 Å². The van der Waals surface area contributed by atoms with Crippen molar-refractivity contribution in [2.75, 3.05) is 39.4 Å². The Labute approximate surface area is 185 Å². The van der Waals surface area contributed by atoms with Crippen LogP contribution in [0, 0.1) is 0 Å². The molecule has 32 heavy (non-hydrogen) atoms. The summed E-state index contributed by atoms with van der Waals surface area (Å²) in [5.41, 5.74) is 3.80. The fourth-order valence-electron chi connectivity index (χ4n) is 4.48. The van der Waals surface area contributed by atoms with Crippen LogP contribution >= 0.6 is 0 Å². The fraction of sp³-hybridized carbons (Fsp3) is 0.333. The molecule has 5 rings (SSSR count). The number of hydrogen-bond donors (Lipinski definition) is 0. The summed E-state index contributed by atoms with van der Waals surface area (Å²) in [5, 5.41) is 4.44. The molecule has 8 heteroatoms. The van der Waals surface area contributed by atoms with Gasteiger partial charge in [-0.2, -0.15) is 5.10 Å². The minimum atomic E-state index is -0.227. The molecule has 0 fully saturated rings. The van der Waals surface area contributed by atoms with E-state index in [0.717, 1.165) is 41.3 Å². The molecule has 3 aromatic rings.